The quantitative estimate of drug-likeness (QED) is 0.695. The van der Waals surface area contributed by atoms with Crippen molar-refractivity contribution >= 4 is 11.9 Å². The SMILES string of the molecule is N#CC1(NC(=O)[C@@H](CC(F)(F)Cc2ccccc2)C2CC23CCCN(C(N)=O)C3)CC1. The number of nitriles is 1. The molecule has 166 valence electrons. The highest BCUT2D eigenvalue weighted by atomic mass is 19.3. The van der Waals surface area contributed by atoms with Gasteiger partial charge in [0.15, 0.2) is 0 Å². The number of carbonyl (C=O) groups is 2. The monoisotopic (exact) mass is 430 g/mol. The summed E-state index contributed by atoms with van der Waals surface area (Å²) in [6.07, 6.45) is 2.25. The second kappa shape index (κ2) is 7.77. The molecule has 3 N–H and O–H groups in total. The van der Waals surface area contributed by atoms with E-state index in [1.807, 2.05) is 0 Å². The second-order valence-corrected chi connectivity index (χ2v) is 9.55. The Labute approximate surface area is 180 Å². The van der Waals surface area contributed by atoms with E-state index in [1.54, 1.807) is 35.2 Å². The predicted octanol–water partition coefficient (Wildman–Crippen LogP) is 3.22. The Morgan fingerprint density at radius 3 is 2.61 bits per heavy atom. The number of nitrogens with two attached hydrogens (primary N) is 1. The number of nitrogens with one attached hydrogen (secondary N) is 1. The number of hydrogen-bond donors (Lipinski definition) is 2. The Kier molecular flexibility index (Phi) is 5.40. The molecule has 0 radical (unpaired) electrons. The molecule has 31 heavy (non-hydrogen) atoms. The topological polar surface area (TPSA) is 99.2 Å². The van der Waals surface area contributed by atoms with Crippen LogP contribution in [0.2, 0.25) is 0 Å². The number of rotatable bonds is 7. The first-order chi connectivity index (χ1) is 14.7. The molecule has 8 heteroatoms. The lowest BCUT2D eigenvalue weighted by Gasteiger charge is -2.34. The first-order valence-corrected chi connectivity index (χ1v) is 10.9. The molecule has 2 aliphatic carbocycles. The maximum Gasteiger partial charge on any atom is 0.314 e. The number of carbonyl (C=O) groups excluding carboxylic acids is 2. The summed E-state index contributed by atoms with van der Waals surface area (Å²) in [5, 5.41) is 12.1. The molecule has 1 saturated heterocycles. The zero-order valence-corrected chi connectivity index (χ0v) is 17.4. The highest BCUT2D eigenvalue weighted by Gasteiger charge is 2.62. The lowest BCUT2D eigenvalue weighted by molar-refractivity contribution is -0.131. The van der Waals surface area contributed by atoms with Crippen LogP contribution >= 0.6 is 0 Å². The smallest absolute Gasteiger partial charge is 0.314 e. The third-order valence-electron chi connectivity index (χ3n) is 7.15. The fourth-order valence-corrected chi connectivity index (χ4v) is 5.19. The van der Waals surface area contributed by atoms with E-state index in [0.29, 0.717) is 37.9 Å². The van der Waals surface area contributed by atoms with Gasteiger partial charge in [0.2, 0.25) is 5.91 Å². The molecule has 0 bridgehead atoms. The van der Waals surface area contributed by atoms with Crippen molar-refractivity contribution in [1.82, 2.24) is 10.2 Å². The summed E-state index contributed by atoms with van der Waals surface area (Å²) in [4.78, 5) is 26.3. The number of nitrogens with zero attached hydrogens (tertiary/aromatic N) is 2. The summed E-state index contributed by atoms with van der Waals surface area (Å²) >= 11 is 0. The van der Waals surface area contributed by atoms with Crippen LogP contribution < -0.4 is 11.1 Å². The molecule has 3 aliphatic rings. The van der Waals surface area contributed by atoms with Crippen molar-refractivity contribution in [1.29, 1.82) is 5.26 Å². The van der Waals surface area contributed by atoms with Crippen LogP contribution in [0.1, 0.15) is 44.1 Å². The molecule has 1 spiro atoms. The Hall–Kier alpha value is -2.69. The number of amides is 3. The summed E-state index contributed by atoms with van der Waals surface area (Å²) in [5.74, 6) is -4.68. The van der Waals surface area contributed by atoms with E-state index in [-0.39, 0.29) is 11.3 Å². The number of primary amides is 1. The van der Waals surface area contributed by atoms with Crippen molar-refractivity contribution in [2.45, 2.75) is 56.4 Å². The van der Waals surface area contributed by atoms with Crippen molar-refractivity contribution in [2.75, 3.05) is 13.1 Å². The van der Waals surface area contributed by atoms with Crippen molar-refractivity contribution in [3.05, 3.63) is 35.9 Å². The van der Waals surface area contributed by atoms with Crippen LogP contribution in [-0.2, 0) is 11.2 Å². The third-order valence-corrected chi connectivity index (χ3v) is 7.15. The minimum atomic E-state index is -3.06. The van der Waals surface area contributed by atoms with Crippen molar-refractivity contribution in [3.63, 3.8) is 0 Å². The molecule has 3 fully saturated rings. The second-order valence-electron chi connectivity index (χ2n) is 9.55. The van der Waals surface area contributed by atoms with Crippen LogP contribution in [0.25, 0.3) is 0 Å². The summed E-state index contributed by atoms with van der Waals surface area (Å²) in [6.45, 7) is 0.965. The molecule has 6 nitrogen and oxygen atoms in total. The van der Waals surface area contributed by atoms with Crippen LogP contribution in [0.3, 0.4) is 0 Å². The van der Waals surface area contributed by atoms with Gasteiger partial charge < -0.3 is 16.0 Å². The molecule has 3 amide bonds. The van der Waals surface area contributed by atoms with Gasteiger partial charge >= 0.3 is 6.03 Å². The van der Waals surface area contributed by atoms with Gasteiger partial charge in [-0.1, -0.05) is 30.3 Å². The average Bonchev–Trinajstić information content (AvgIpc) is 3.64. The van der Waals surface area contributed by atoms with Crippen LogP contribution in [0.15, 0.2) is 30.3 Å². The van der Waals surface area contributed by atoms with Gasteiger partial charge in [-0.15, -0.1) is 0 Å². The van der Waals surface area contributed by atoms with Gasteiger partial charge in [0.05, 0.1) is 6.07 Å². The number of likely N-dealkylation sites (tertiary alicyclic amines) is 1. The van der Waals surface area contributed by atoms with Gasteiger partial charge in [-0.25, -0.2) is 13.6 Å². The van der Waals surface area contributed by atoms with Gasteiger partial charge in [-0.3, -0.25) is 4.79 Å². The lowest BCUT2D eigenvalue weighted by atomic mass is 9.83. The average molecular weight is 430 g/mol. The maximum atomic E-state index is 15.1. The van der Waals surface area contributed by atoms with Crippen LogP contribution in [-0.4, -0.2) is 41.4 Å². The number of urea groups is 1. The van der Waals surface area contributed by atoms with Gasteiger partial charge in [-0.2, -0.15) is 5.26 Å². The zero-order valence-electron chi connectivity index (χ0n) is 17.4. The van der Waals surface area contributed by atoms with Crippen molar-refractivity contribution < 1.29 is 18.4 Å². The highest BCUT2D eigenvalue weighted by molar-refractivity contribution is 5.81. The molecule has 2 unspecified atom stereocenters. The standard InChI is InChI=1S/C23H28F2N4O2/c24-23(25,11-16-5-2-1-3-6-16)12-17(19(30)28-22(14-26)8-9-22)18-13-21(18)7-4-10-29(15-21)20(27)31/h1-3,5-6,17-18H,4,7-13,15H2,(H2,27,31)(H,28,30)/t17-,18?,21?/m0/s1. The van der Waals surface area contributed by atoms with E-state index in [9.17, 15) is 14.9 Å². The first-order valence-electron chi connectivity index (χ1n) is 10.9. The molecular weight excluding hydrogens is 402 g/mol. The largest absolute Gasteiger partial charge is 0.351 e. The zero-order chi connectivity index (χ0) is 22.3. The minimum absolute atomic E-state index is 0.245. The normalized spacial score (nSPS) is 27.3. The fourth-order valence-electron chi connectivity index (χ4n) is 5.19. The maximum absolute atomic E-state index is 15.1. The molecule has 2 saturated carbocycles. The molecule has 1 aromatic rings. The van der Waals surface area contributed by atoms with Gasteiger partial charge in [0, 0.05) is 31.8 Å². The molecule has 1 aromatic carbocycles. The lowest BCUT2D eigenvalue weighted by Crippen LogP contribution is -2.46. The minimum Gasteiger partial charge on any atom is -0.351 e. The molecule has 4 rings (SSSR count). The molecule has 1 aliphatic heterocycles. The number of benzene rings is 1. The third kappa shape index (κ3) is 4.65. The number of hydrogen-bond acceptors (Lipinski definition) is 3. The predicted molar refractivity (Wildman–Crippen MR) is 110 cm³/mol. The van der Waals surface area contributed by atoms with E-state index < -0.39 is 42.2 Å². The summed E-state index contributed by atoms with van der Waals surface area (Å²) in [6, 6.07) is 10.1. The van der Waals surface area contributed by atoms with Crippen molar-refractivity contribution in [2.24, 2.45) is 23.0 Å². The Balaban J connectivity index is 1.52. The van der Waals surface area contributed by atoms with Gasteiger partial charge in [-0.05, 0) is 49.0 Å². The van der Waals surface area contributed by atoms with Gasteiger partial charge in [0.25, 0.3) is 5.92 Å². The van der Waals surface area contributed by atoms with E-state index in [1.165, 1.54) is 0 Å². The highest BCUT2D eigenvalue weighted by Crippen LogP contribution is 2.62. The van der Waals surface area contributed by atoms with E-state index >= 15 is 8.78 Å². The first kappa shape index (κ1) is 21.5. The van der Waals surface area contributed by atoms with Gasteiger partial charge in [0.1, 0.15) is 5.54 Å². The van der Waals surface area contributed by atoms with E-state index in [2.05, 4.69) is 11.4 Å². The Morgan fingerprint density at radius 1 is 1.29 bits per heavy atom. The summed E-state index contributed by atoms with van der Waals surface area (Å²) < 4.78 is 30.1. The summed E-state index contributed by atoms with van der Waals surface area (Å²) in [5.41, 5.74) is 4.73. The van der Waals surface area contributed by atoms with Crippen molar-refractivity contribution in [3.8, 4) is 6.07 Å². The molecule has 3 atom stereocenters. The van der Waals surface area contributed by atoms with Crippen LogP contribution in [0.5, 0.6) is 0 Å². The van der Waals surface area contributed by atoms with Crippen LogP contribution in [0.4, 0.5) is 13.6 Å². The molecular formula is C23H28F2N4O2. The van der Waals surface area contributed by atoms with E-state index in [0.717, 1.165) is 12.8 Å². The fraction of sp³-hybridized carbons (Fsp3) is 0.609. The Bertz CT molecular complexity index is 897. The molecule has 0 aromatic heterocycles. The number of piperidine rings is 1. The number of halogens is 2. The van der Waals surface area contributed by atoms with Crippen LogP contribution in [0, 0.1) is 28.6 Å². The Morgan fingerprint density at radius 2 is 2.00 bits per heavy atom. The van der Waals surface area contributed by atoms with E-state index in [4.69, 9.17) is 5.73 Å². The number of alkyl halides is 2. The summed E-state index contributed by atoms with van der Waals surface area (Å²) in [7, 11) is 0. The molecule has 1 heterocycles.